The van der Waals surface area contributed by atoms with Crippen LogP contribution >= 0.6 is 22.9 Å². The van der Waals surface area contributed by atoms with E-state index < -0.39 is 29.3 Å². The van der Waals surface area contributed by atoms with Crippen molar-refractivity contribution in [3.63, 3.8) is 0 Å². The normalized spacial score (nSPS) is 17.5. The minimum Gasteiger partial charge on any atom is -0.507 e. The van der Waals surface area contributed by atoms with Gasteiger partial charge in [0, 0.05) is 16.1 Å². The molecule has 1 amide bonds. The number of amides is 1. The second kappa shape index (κ2) is 8.55. The molecule has 1 aliphatic rings. The number of Topliss-reactive ketones (excluding diaryl/α,β-unsaturated/α-hetero) is 1. The van der Waals surface area contributed by atoms with Crippen molar-refractivity contribution >= 4 is 55.7 Å². The number of anilines is 1. The third kappa shape index (κ3) is 3.61. The van der Waals surface area contributed by atoms with E-state index in [2.05, 4.69) is 4.98 Å². The molecule has 1 saturated heterocycles. The monoisotopic (exact) mass is 494 g/mol. The molecule has 1 atom stereocenters. The number of hydrogen-bond acceptors (Lipinski definition) is 6. The standard InChI is InChI=1S/C25H16ClFN2O4S/c1-33-15-10-11-18-19(12-15)34-25(28-18)29-21(16-4-2-3-5-17(16)27)20(23(31)24(29)32)22(30)13-6-8-14(26)9-7-13/h2-12,21,30H,1H3. The number of rotatable bonds is 4. The van der Waals surface area contributed by atoms with Crippen molar-refractivity contribution in [3.05, 3.63) is 94.3 Å². The van der Waals surface area contributed by atoms with Crippen LogP contribution in [0.4, 0.5) is 9.52 Å². The second-order valence-electron chi connectivity index (χ2n) is 7.53. The number of hydrogen-bond donors (Lipinski definition) is 1. The maximum Gasteiger partial charge on any atom is 0.301 e. The van der Waals surface area contributed by atoms with Gasteiger partial charge in [-0.15, -0.1) is 0 Å². The van der Waals surface area contributed by atoms with Crippen LogP contribution < -0.4 is 9.64 Å². The quantitative estimate of drug-likeness (QED) is 0.223. The first-order valence-corrected chi connectivity index (χ1v) is 11.3. The zero-order chi connectivity index (χ0) is 24.0. The van der Waals surface area contributed by atoms with Crippen molar-refractivity contribution in [2.75, 3.05) is 12.0 Å². The number of aliphatic hydroxyl groups excluding tert-OH is 1. The van der Waals surface area contributed by atoms with Crippen LogP contribution in [0.15, 0.2) is 72.3 Å². The molecule has 1 aromatic heterocycles. The van der Waals surface area contributed by atoms with E-state index in [0.717, 1.165) is 20.9 Å². The summed E-state index contributed by atoms with van der Waals surface area (Å²) < 4.78 is 21.0. The van der Waals surface area contributed by atoms with Gasteiger partial charge < -0.3 is 9.84 Å². The number of aliphatic hydroxyl groups is 1. The van der Waals surface area contributed by atoms with Gasteiger partial charge in [0.05, 0.1) is 22.9 Å². The van der Waals surface area contributed by atoms with Gasteiger partial charge >= 0.3 is 5.91 Å². The Labute approximate surface area is 202 Å². The first kappa shape index (κ1) is 22.1. The van der Waals surface area contributed by atoms with Crippen molar-refractivity contribution in [2.24, 2.45) is 0 Å². The van der Waals surface area contributed by atoms with E-state index in [4.69, 9.17) is 16.3 Å². The molecule has 1 fully saturated rings. The van der Waals surface area contributed by atoms with Gasteiger partial charge in [-0.2, -0.15) is 0 Å². The van der Waals surface area contributed by atoms with E-state index in [1.807, 2.05) is 0 Å². The van der Waals surface area contributed by atoms with Crippen LogP contribution in [0, 0.1) is 5.82 Å². The highest BCUT2D eigenvalue weighted by Crippen LogP contribution is 2.45. The van der Waals surface area contributed by atoms with Gasteiger partial charge in [-0.3, -0.25) is 14.5 Å². The van der Waals surface area contributed by atoms with Crippen LogP contribution in [0.1, 0.15) is 17.2 Å². The molecular formula is C25H16ClFN2O4S. The zero-order valence-electron chi connectivity index (χ0n) is 17.7. The molecule has 0 spiro atoms. The number of ketones is 1. The molecule has 6 nitrogen and oxygen atoms in total. The lowest BCUT2D eigenvalue weighted by Gasteiger charge is -2.23. The van der Waals surface area contributed by atoms with Gasteiger partial charge in [0.2, 0.25) is 0 Å². The number of carbonyl (C=O) groups is 2. The van der Waals surface area contributed by atoms with E-state index in [9.17, 15) is 19.1 Å². The highest BCUT2D eigenvalue weighted by atomic mass is 35.5. The topological polar surface area (TPSA) is 79.7 Å². The summed E-state index contributed by atoms with van der Waals surface area (Å²) in [6.07, 6.45) is 0. The Balaban J connectivity index is 1.73. The fourth-order valence-electron chi connectivity index (χ4n) is 3.91. The largest absolute Gasteiger partial charge is 0.507 e. The third-order valence-corrected chi connectivity index (χ3v) is 6.82. The maximum atomic E-state index is 15.0. The van der Waals surface area contributed by atoms with Gasteiger partial charge in [-0.25, -0.2) is 9.37 Å². The summed E-state index contributed by atoms with van der Waals surface area (Å²) >= 11 is 7.11. The second-order valence-corrected chi connectivity index (χ2v) is 8.97. The molecule has 3 aromatic carbocycles. The third-order valence-electron chi connectivity index (χ3n) is 5.55. The summed E-state index contributed by atoms with van der Waals surface area (Å²) in [6.45, 7) is 0. The number of fused-ring (bicyclic) bond motifs is 1. The highest BCUT2D eigenvalue weighted by molar-refractivity contribution is 7.22. The van der Waals surface area contributed by atoms with Crippen molar-refractivity contribution in [2.45, 2.75) is 6.04 Å². The summed E-state index contributed by atoms with van der Waals surface area (Å²) in [5, 5.41) is 11.7. The molecule has 170 valence electrons. The lowest BCUT2D eigenvalue weighted by atomic mass is 9.95. The van der Waals surface area contributed by atoms with Crippen molar-refractivity contribution in [1.29, 1.82) is 0 Å². The number of aromatic nitrogens is 1. The van der Waals surface area contributed by atoms with Crippen LogP contribution in [0.5, 0.6) is 5.75 Å². The van der Waals surface area contributed by atoms with Crippen LogP contribution in [-0.4, -0.2) is 28.9 Å². The summed E-state index contributed by atoms with van der Waals surface area (Å²) in [7, 11) is 1.54. The average Bonchev–Trinajstić information content (AvgIpc) is 3.37. The van der Waals surface area contributed by atoms with Crippen LogP contribution in [-0.2, 0) is 9.59 Å². The Morgan fingerprint density at radius 3 is 2.56 bits per heavy atom. The average molecular weight is 495 g/mol. The fraction of sp³-hybridized carbons (Fsp3) is 0.0800. The van der Waals surface area contributed by atoms with Crippen molar-refractivity contribution < 1.29 is 23.8 Å². The lowest BCUT2D eigenvalue weighted by molar-refractivity contribution is -0.132. The SMILES string of the molecule is COc1ccc2nc(N3C(=O)C(=O)C(=C(O)c4ccc(Cl)cc4)C3c3ccccc3F)sc2c1. The van der Waals surface area contributed by atoms with Crippen LogP contribution in [0.2, 0.25) is 5.02 Å². The Kier molecular flexibility index (Phi) is 5.55. The summed E-state index contributed by atoms with van der Waals surface area (Å²) in [6, 6.07) is 16.0. The molecule has 0 saturated carbocycles. The summed E-state index contributed by atoms with van der Waals surface area (Å²) in [5.41, 5.74) is 0.703. The minimum atomic E-state index is -1.21. The molecule has 34 heavy (non-hydrogen) atoms. The smallest absolute Gasteiger partial charge is 0.301 e. The molecule has 9 heteroatoms. The van der Waals surface area contributed by atoms with Gasteiger partial charge in [-0.1, -0.05) is 41.1 Å². The molecule has 1 unspecified atom stereocenters. The fourth-order valence-corrected chi connectivity index (χ4v) is 5.05. The molecule has 2 heterocycles. The predicted molar refractivity (Wildman–Crippen MR) is 129 cm³/mol. The molecule has 1 N–H and O–H groups in total. The van der Waals surface area contributed by atoms with Crippen molar-refractivity contribution in [1.82, 2.24) is 4.98 Å². The number of ether oxygens (including phenoxy) is 1. The molecule has 1 aliphatic heterocycles. The molecule has 5 rings (SSSR count). The Morgan fingerprint density at radius 1 is 1.12 bits per heavy atom. The number of methoxy groups -OCH3 is 1. The lowest BCUT2D eigenvalue weighted by Crippen LogP contribution is -2.29. The maximum absolute atomic E-state index is 15.0. The van der Waals surface area contributed by atoms with E-state index in [0.29, 0.717) is 16.3 Å². The Morgan fingerprint density at radius 2 is 1.85 bits per heavy atom. The van der Waals surface area contributed by atoms with Gasteiger partial charge in [0.1, 0.15) is 23.4 Å². The van der Waals surface area contributed by atoms with Gasteiger partial charge in [0.15, 0.2) is 5.13 Å². The highest BCUT2D eigenvalue weighted by Gasteiger charge is 2.49. The van der Waals surface area contributed by atoms with E-state index in [-0.39, 0.29) is 21.8 Å². The van der Waals surface area contributed by atoms with Crippen LogP contribution in [0.3, 0.4) is 0 Å². The summed E-state index contributed by atoms with van der Waals surface area (Å²) in [5.74, 6) is -2.27. The molecule has 4 aromatic rings. The number of carbonyl (C=O) groups excluding carboxylic acids is 2. The Bertz CT molecular complexity index is 1480. The van der Waals surface area contributed by atoms with Gasteiger partial charge in [-0.05, 0) is 48.5 Å². The predicted octanol–water partition coefficient (Wildman–Crippen LogP) is 5.72. The van der Waals surface area contributed by atoms with Gasteiger partial charge in [0.25, 0.3) is 5.78 Å². The number of benzene rings is 3. The molecule has 0 aliphatic carbocycles. The first-order valence-electron chi connectivity index (χ1n) is 10.1. The number of thiazole rings is 1. The van der Waals surface area contributed by atoms with E-state index in [1.165, 1.54) is 37.4 Å². The van der Waals surface area contributed by atoms with E-state index >= 15 is 0 Å². The Hall–Kier alpha value is -3.75. The number of halogens is 2. The van der Waals surface area contributed by atoms with Crippen molar-refractivity contribution in [3.8, 4) is 5.75 Å². The zero-order valence-corrected chi connectivity index (χ0v) is 19.2. The van der Waals surface area contributed by atoms with E-state index in [1.54, 1.807) is 36.4 Å². The minimum absolute atomic E-state index is 0.0639. The summed E-state index contributed by atoms with van der Waals surface area (Å²) in [4.78, 5) is 32.1. The number of nitrogens with zero attached hydrogens (tertiary/aromatic N) is 2. The van der Waals surface area contributed by atoms with Crippen LogP contribution in [0.25, 0.3) is 16.0 Å². The molecule has 0 bridgehead atoms. The molecule has 0 radical (unpaired) electrons. The molecular weight excluding hydrogens is 479 g/mol. The first-order chi connectivity index (χ1) is 16.4.